The van der Waals surface area contributed by atoms with Gasteiger partial charge in [-0.2, -0.15) is 4.98 Å². The predicted molar refractivity (Wildman–Crippen MR) is 113 cm³/mol. The van der Waals surface area contributed by atoms with Crippen LogP contribution in [0.4, 0.5) is 4.39 Å². The maximum Gasteiger partial charge on any atom is 0.265 e. The minimum atomic E-state index is -0.345. The Kier molecular flexibility index (Phi) is 5.44. The molecule has 1 atom stereocenters. The zero-order valence-corrected chi connectivity index (χ0v) is 18.4. The van der Waals surface area contributed by atoms with Crippen molar-refractivity contribution in [3.63, 3.8) is 0 Å². The summed E-state index contributed by atoms with van der Waals surface area (Å²) in [5, 5.41) is 4.98. The third kappa shape index (κ3) is 4.14. The van der Waals surface area contributed by atoms with Crippen LogP contribution in [0.5, 0.6) is 0 Å². The quantitative estimate of drug-likeness (QED) is 0.590. The maximum absolute atomic E-state index is 13.5. The molecule has 0 radical (unpaired) electrons. The predicted octanol–water partition coefficient (Wildman–Crippen LogP) is 4.96. The first kappa shape index (κ1) is 20.7. The monoisotopic (exact) mass is 428 g/mol. The Balaban J connectivity index is 1.51. The summed E-state index contributed by atoms with van der Waals surface area (Å²) in [6.07, 6.45) is 1.72. The van der Waals surface area contributed by atoms with Gasteiger partial charge in [0, 0.05) is 24.1 Å². The van der Waals surface area contributed by atoms with Gasteiger partial charge < -0.3 is 9.42 Å². The van der Waals surface area contributed by atoms with Crippen molar-refractivity contribution in [2.75, 3.05) is 13.1 Å². The van der Waals surface area contributed by atoms with Crippen molar-refractivity contribution in [3.05, 3.63) is 51.6 Å². The highest BCUT2D eigenvalue weighted by atomic mass is 32.1. The number of hydrogen-bond donors (Lipinski definition) is 0. The second kappa shape index (κ2) is 7.91. The van der Waals surface area contributed by atoms with Gasteiger partial charge in [0.25, 0.3) is 5.91 Å². The fraction of sp³-hybridized carbons (Fsp3) is 0.455. The first-order valence-corrected chi connectivity index (χ1v) is 10.9. The fourth-order valence-corrected chi connectivity index (χ4v) is 4.66. The Bertz CT molecular complexity index is 1070. The summed E-state index contributed by atoms with van der Waals surface area (Å²) in [4.78, 5) is 24.8. The zero-order chi connectivity index (χ0) is 21.5. The standard InChI is InChI=1S/C22H25FN4O2S/c1-13-17(30-21(24-13)22(2,3)4)20(28)27-10-6-8-15(12-27)19-25-18(26-29-19)14-7-5-9-16(23)11-14/h5,7,9,11,15H,6,8,10,12H2,1-4H3. The third-order valence-corrected chi connectivity index (χ3v) is 6.79. The number of carbonyl (C=O) groups excluding carboxylic acids is 1. The molecule has 3 aromatic rings. The number of aryl methyl sites for hydroxylation is 1. The molecule has 30 heavy (non-hydrogen) atoms. The Labute approximate surface area is 179 Å². The van der Waals surface area contributed by atoms with Crippen LogP contribution in [0.1, 0.15) is 65.8 Å². The van der Waals surface area contributed by atoms with Crippen LogP contribution >= 0.6 is 11.3 Å². The first-order chi connectivity index (χ1) is 14.2. The van der Waals surface area contributed by atoms with E-state index in [4.69, 9.17) is 4.52 Å². The Morgan fingerprint density at radius 3 is 2.80 bits per heavy atom. The average Bonchev–Trinajstić information content (AvgIpc) is 3.34. The smallest absolute Gasteiger partial charge is 0.265 e. The van der Waals surface area contributed by atoms with Crippen LogP contribution in [0.2, 0.25) is 0 Å². The molecule has 6 nitrogen and oxygen atoms in total. The summed E-state index contributed by atoms with van der Waals surface area (Å²) in [6.45, 7) is 9.41. The van der Waals surface area contributed by atoms with Crippen molar-refractivity contribution in [3.8, 4) is 11.4 Å². The van der Waals surface area contributed by atoms with Gasteiger partial charge in [0.2, 0.25) is 11.7 Å². The number of piperidine rings is 1. The molecule has 1 saturated heterocycles. The van der Waals surface area contributed by atoms with Gasteiger partial charge in [0.15, 0.2) is 0 Å². The molecule has 1 aliphatic rings. The summed E-state index contributed by atoms with van der Waals surface area (Å²) < 4.78 is 19.0. The van der Waals surface area contributed by atoms with E-state index in [1.54, 1.807) is 12.1 Å². The normalized spacial score (nSPS) is 17.4. The summed E-state index contributed by atoms with van der Waals surface area (Å²) in [6, 6.07) is 6.12. The van der Waals surface area contributed by atoms with Crippen LogP contribution in [-0.4, -0.2) is 39.0 Å². The molecule has 1 aliphatic heterocycles. The number of amides is 1. The van der Waals surface area contributed by atoms with Gasteiger partial charge in [0.05, 0.1) is 16.6 Å². The van der Waals surface area contributed by atoms with Crippen LogP contribution < -0.4 is 0 Å². The van der Waals surface area contributed by atoms with E-state index in [9.17, 15) is 9.18 Å². The molecular weight excluding hydrogens is 403 g/mol. The van der Waals surface area contributed by atoms with Crippen LogP contribution in [0.15, 0.2) is 28.8 Å². The van der Waals surface area contributed by atoms with Crippen LogP contribution in [-0.2, 0) is 5.41 Å². The molecule has 1 unspecified atom stereocenters. The third-order valence-electron chi connectivity index (χ3n) is 5.21. The molecule has 158 valence electrons. The van der Waals surface area contributed by atoms with Crippen LogP contribution in [0.3, 0.4) is 0 Å². The summed E-state index contributed by atoms with van der Waals surface area (Å²) in [7, 11) is 0. The fourth-order valence-electron chi connectivity index (χ4n) is 3.57. The molecule has 4 rings (SSSR count). The lowest BCUT2D eigenvalue weighted by Gasteiger charge is -2.30. The van der Waals surface area contributed by atoms with E-state index < -0.39 is 0 Å². The SMILES string of the molecule is Cc1nc(C(C)(C)C)sc1C(=O)N1CCCC(c2nc(-c3cccc(F)c3)no2)C1. The number of nitrogens with zero attached hydrogens (tertiary/aromatic N) is 4. The maximum atomic E-state index is 13.5. The lowest BCUT2D eigenvalue weighted by molar-refractivity contribution is 0.0699. The number of carbonyl (C=O) groups is 1. The van der Waals surface area contributed by atoms with E-state index in [-0.39, 0.29) is 23.1 Å². The number of benzene rings is 1. The highest BCUT2D eigenvalue weighted by Gasteiger charge is 2.32. The molecule has 2 aromatic heterocycles. The summed E-state index contributed by atoms with van der Waals surface area (Å²) in [5.41, 5.74) is 1.27. The molecule has 0 N–H and O–H groups in total. The van der Waals surface area contributed by atoms with E-state index in [1.165, 1.54) is 23.5 Å². The molecule has 8 heteroatoms. The van der Waals surface area contributed by atoms with Crippen LogP contribution in [0.25, 0.3) is 11.4 Å². The van der Waals surface area contributed by atoms with Gasteiger partial charge in [-0.1, -0.05) is 38.1 Å². The van der Waals surface area contributed by atoms with E-state index in [2.05, 4.69) is 35.9 Å². The second-order valence-electron chi connectivity index (χ2n) is 8.74. The second-order valence-corrected chi connectivity index (χ2v) is 9.74. The molecular formula is C22H25FN4O2S. The molecule has 3 heterocycles. The van der Waals surface area contributed by atoms with Crippen molar-refractivity contribution in [1.82, 2.24) is 20.0 Å². The van der Waals surface area contributed by atoms with Gasteiger partial charge >= 0.3 is 0 Å². The molecule has 0 spiro atoms. The number of thiazole rings is 1. The molecule has 1 fully saturated rings. The largest absolute Gasteiger partial charge is 0.339 e. The lowest BCUT2D eigenvalue weighted by Crippen LogP contribution is -2.39. The Morgan fingerprint density at radius 1 is 1.30 bits per heavy atom. The number of hydrogen-bond acceptors (Lipinski definition) is 6. The van der Waals surface area contributed by atoms with E-state index >= 15 is 0 Å². The highest BCUT2D eigenvalue weighted by molar-refractivity contribution is 7.14. The van der Waals surface area contributed by atoms with E-state index in [1.807, 2.05) is 11.8 Å². The molecule has 0 saturated carbocycles. The van der Waals surface area contributed by atoms with Gasteiger partial charge in [-0.25, -0.2) is 9.37 Å². The van der Waals surface area contributed by atoms with Crippen molar-refractivity contribution < 1.29 is 13.7 Å². The van der Waals surface area contributed by atoms with Crippen molar-refractivity contribution in [1.29, 1.82) is 0 Å². The highest BCUT2D eigenvalue weighted by Crippen LogP contribution is 2.32. The number of likely N-dealkylation sites (tertiary alicyclic amines) is 1. The van der Waals surface area contributed by atoms with Gasteiger partial charge in [-0.15, -0.1) is 11.3 Å². The summed E-state index contributed by atoms with van der Waals surface area (Å²) in [5.74, 6) is 0.481. The topological polar surface area (TPSA) is 72.1 Å². The van der Waals surface area contributed by atoms with E-state index in [0.717, 1.165) is 23.5 Å². The number of halogens is 1. The van der Waals surface area contributed by atoms with Crippen molar-refractivity contribution >= 4 is 17.2 Å². The minimum absolute atomic E-state index is 0.00932. The van der Waals surface area contributed by atoms with Crippen molar-refractivity contribution in [2.45, 2.75) is 51.9 Å². The van der Waals surface area contributed by atoms with Crippen LogP contribution in [0, 0.1) is 12.7 Å². The van der Waals surface area contributed by atoms with E-state index in [0.29, 0.717) is 35.2 Å². The number of aromatic nitrogens is 3. The van der Waals surface area contributed by atoms with Gasteiger partial charge in [-0.3, -0.25) is 4.79 Å². The average molecular weight is 429 g/mol. The Morgan fingerprint density at radius 2 is 2.10 bits per heavy atom. The van der Waals surface area contributed by atoms with Gasteiger partial charge in [-0.05, 0) is 31.9 Å². The molecule has 0 bridgehead atoms. The van der Waals surface area contributed by atoms with Crippen molar-refractivity contribution in [2.24, 2.45) is 0 Å². The molecule has 0 aliphatic carbocycles. The molecule has 1 amide bonds. The zero-order valence-electron chi connectivity index (χ0n) is 17.6. The first-order valence-electron chi connectivity index (χ1n) is 10.1. The van der Waals surface area contributed by atoms with Gasteiger partial charge in [0.1, 0.15) is 10.7 Å². The molecule has 1 aromatic carbocycles. The summed E-state index contributed by atoms with van der Waals surface area (Å²) >= 11 is 1.48. The minimum Gasteiger partial charge on any atom is -0.339 e. The Hall–Kier alpha value is -2.61. The lowest BCUT2D eigenvalue weighted by atomic mass is 9.97. The number of rotatable bonds is 3.